The Kier molecular flexibility index (Phi) is 5.60. The number of ether oxygens (including phenoxy) is 1. The fourth-order valence-electron chi connectivity index (χ4n) is 2.68. The number of hydrogen-bond donors (Lipinski definition) is 2. The van der Waals surface area contributed by atoms with Crippen molar-refractivity contribution >= 4 is 5.97 Å². The first kappa shape index (κ1) is 15.4. The van der Waals surface area contributed by atoms with Crippen LogP contribution in [0.5, 0.6) is 0 Å². The summed E-state index contributed by atoms with van der Waals surface area (Å²) in [6.45, 7) is 5.35. The largest absolute Gasteiger partial charge is 0.469 e. The molecule has 1 rings (SSSR count). The highest BCUT2D eigenvalue weighted by molar-refractivity contribution is 5.76. The third-order valence-corrected chi connectivity index (χ3v) is 4.05. The van der Waals surface area contributed by atoms with Crippen LogP contribution < -0.4 is 5.32 Å². The molecule has 1 aliphatic carbocycles. The SMILES string of the molecule is COC(=O)C(C)(C)CNCC1(CO)CCCCC1. The van der Waals surface area contributed by atoms with E-state index < -0.39 is 5.41 Å². The molecule has 0 saturated heterocycles. The summed E-state index contributed by atoms with van der Waals surface area (Å²) in [4.78, 5) is 11.6. The highest BCUT2D eigenvalue weighted by Gasteiger charge is 2.33. The molecule has 0 aliphatic heterocycles. The lowest BCUT2D eigenvalue weighted by Gasteiger charge is -2.36. The van der Waals surface area contributed by atoms with Crippen molar-refractivity contribution in [1.82, 2.24) is 5.32 Å². The molecule has 1 fully saturated rings. The number of carbonyl (C=O) groups is 1. The number of aliphatic hydroxyl groups excluding tert-OH is 1. The van der Waals surface area contributed by atoms with Crippen LogP contribution in [0.25, 0.3) is 0 Å². The number of nitrogens with one attached hydrogen (secondary N) is 1. The lowest BCUT2D eigenvalue weighted by molar-refractivity contribution is -0.150. The maximum atomic E-state index is 11.6. The van der Waals surface area contributed by atoms with Gasteiger partial charge in [0.25, 0.3) is 0 Å². The monoisotopic (exact) mass is 257 g/mol. The van der Waals surface area contributed by atoms with Crippen molar-refractivity contribution in [3.63, 3.8) is 0 Å². The first-order valence-electron chi connectivity index (χ1n) is 6.86. The lowest BCUT2D eigenvalue weighted by atomic mass is 9.74. The summed E-state index contributed by atoms with van der Waals surface area (Å²) in [6.07, 6.45) is 5.82. The van der Waals surface area contributed by atoms with Crippen molar-refractivity contribution < 1.29 is 14.6 Å². The van der Waals surface area contributed by atoms with Gasteiger partial charge in [0.2, 0.25) is 0 Å². The predicted octanol–water partition coefficient (Wildman–Crippen LogP) is 1.72. The van der Waals surface area contributed by atoms with Crippen LogP contribution in [-0.2, 0) is 9.53 Å². The van der Waals surface area contributed by atoms with Crippen molar-refractivity contribution in [2.45, 2.75) is 46.0 Å². The van der Waals surface area contributed by atoms with Crippen LogP contribution >= 0.6 is 0 Å². The van der Waals surface area contributed by atoms with Crippen molar-refractivity contribution in [1.29, 1.82) is 0 Å². The Bertz CT molecular complexity index is 270. The molecule has 0 atom stereocenters. The summed E-state index contributed by atoms with van der Waals surface area (Å²) in [5, 5.41) is 12.9. The number of carbonyl (C=O) groups excluding carboxylic acids is 1. The molecule has 106 valence electrons. The Labute approximate surface area is 110 Å². The predicted molar refractivity (Wildman–Crippen MR) is 71.3 cm³/mol. The Morgan fingerprint density at radius 2 is 1.94 bits per heavy atom. The van der Waals surface area contributed by atoms with Gasteiger partial charge in [-0.3, -0.25) is 4.79 Å². The normalized spacial score (nSPS) is 19.6. The summed E-state index contributed by atoms with van der Waals surface area (Å²) in [6, 6.07) is 0. The zero-order chi connectivity index (χ0) is 13.6. The molecule has 4 heteroatoms. The van der Waals surface area contributed by atoms with Crippen LogP contribution in [0.2, 0.25) is 0 Å². The van der Waals surface area contributed by atoms with Gasteiger partial charge in [-0.05, 0) is 26.7 Å². The summed E-state index contributed by atoms with van der Waals surface area (Å²) >= 11 is 0. The van der Waals surface area contributed by atoms with E-state index in [0.717, 1.165) is 19.4 Å². The summed E-state index contributed by atoms with van der Waals surface area (Å²) in [5.74, 6) is -0.198. The second kappa shape index (κ2) is 6.53. The molecule has 0 aromatic heterocycles. The average Bonchev–Trinajstić information content (AvgIpc) is 2.38. The topological polar surface area (TPSA) is 58.6 Å². The Hall–Kier alpha value is -0.610. The average molecular weight is 257 g/mol. The van der Waals surface area contributed by atoms with E-state index in [4.69, 9.17) is 4.74 Å². The Morgan fingerprint density at radius 1 is 1.33 bits per heavy atom. The molecule has 1 saturated carbocycles. The fourth-order valence-corrected chi connectivity index (χ4v) is 2.68. The quantitative estimate of drug-likeness (QED) is 0.711. The molecule has 0 spiro atoms. The minimum absolute atomic E-state index is 0.0183. The molecule has 0 unspecified atom stereocenters. The lowest BCUT2D eigenvalue weighted by Crippen LogP contribution is -2.44. The van der Waals surface area contributed by atoms with E-state index in [0.29, 0.717) is 6.54 Å². The van der Waals surface area contributed by atoms with Gasteiger partial charge in [0.1, 0.15) is 0 Å². The van der Waals surface area contributed by atoms with Crippen molar-refractivity contribution in [2.75, 3.05) is 26.8 Å². The van der Waals surface area contributed by atoms with Gasteiger partial charge < -0.3 is 15.2 Å². The van der Waals surface area contributed by atoms with Crippen molar-refractivity contribution in [3.05, 3.63) is 0 Å². The molecule has 2 N–H and O–H groups in total. The molecule has 0 radical (unpaired) electrons. The number of aliphatic hydroxyl groups is 1. The van der Waals surface area contributed by atoms with E-state index in [2.05, 4.69) is 5.32 Å². The van der Waals surface area contributed by atoms with E-state index in [9.17, 15) is 9.90 Å². The molecule has 0 heterocycles. The third kappa shape index (κ3) is 3.95. The van der Waals surface area contributed by atoms with Gasteiger partial charge in [-0.2, -0.15) is 0 Å². The van der Waals surface area contributed by atoms with Crippen LogP contribution in [0.15, 0.2) is 0 Å². The van der Waals surface area contributed by atoms with E-state index in [1.807, 2.05) is 13.8 Å². The number of methoxy groups -OCH3 is 1. The molecule has 0 amide bonds. The molecule has 1 aliphatic rings. The maximum absolute atomic E-state index is 11.6. The van der Waals surface area contributed by atoms with Gasteiger partial charge in [-0.15, -0.1) is 0 Å². The third-order valence-electron chi connectivity index (χ3n) is 4.05. The minimum Gasteiger partial charge on any atom is -0.469 e. The van der Waals surface area contributed by atoms with Gasteiger partial charge in [0.15, 0.2) is 0 Å². The number of esters is 1. The van der Waals surface area contributed by atoms with E-state index in [1.54, 1.807) is 0 Å². The van der Waals surface area contributed by atoms with Gasteiger partial charge in [-0.25, -0.2) is 0 Å². The summed E-state index contributed by atoms with van der Waals surface area (Å²) < 4.78 is 4.78. The number of rotatable bonds is 6. The van der Waals surface area contributed by atoms with Crippen molar-refractivity contribution in [2.24, 2.45) is 10.8 Å². The molecule has 18 heavy (non-hydrogen) atoms. The molecule has 0 aromatic rings. The Balaban J connectivity index is 2.42. The Morgan fingerprint density at radius 3 is 2.44 bits per heavy atom. The van der Waals surface area contributed by atoms with Gasteiger partial charge in [-0.1, -0.05) is 19.3 Å². The van der Waals surface area contributed by atoms with Gasteiger partial charge in [0.05, 0.1) is 12.5 Å². The van der Waals surface area contributed by atoms with Crippen LogP contribution in [0.4, 0.5) is 0 Å². The van der Waals surface area contributed by atoms with Crippen LogP contribution in [0.3, 0.4) is 0 Å². The zero-order valence-electron chi connectivity index (χ0n) is 11.9. The smallest absolute Gasteiger partial charge is 0.312 e. The maximum Gasteiger partial charge on any atom is 0.312 e. The second-order valence-electron chi connectivity index (χ2n) is 6.20. The number of hydrogen-bond acceptors (Lipinski definition) is 4. The first-order chi connectivity index (χ1) is 8.46. The van der Waals surface area contributed by atoms with Gasteiger partial charge in [0, 0.05) is 25.1 Å². The van der Waals surface area contributed by atoms with E-state index in [-0.39, 0.29) is 18.0 Å². The minimum atomic E-state index is -0.514. The summed E-state index contributed by atoms with van der Waals surface area (Å²) in [7, 11) is 1.42. The molecular formula is C14H27NO3. The van der Waals surface area contributed by atoms with Crippen molar-refractivity contribution in [3.8, 4) is 0 Å². The highest BCUT2D eigenvalue weighted by Crippen LogP contribution is 2.35. The highest BCUT2D eigenvalue weighted by atomic mass is 16.5. The standard InChI is InChI=1S/C14H27NO3/c1-13(2,12(17)18-3)9-15-10-14(11-16)7-5-4-6-8-14/h15-16H,4-11H2,1-3H3. The molecule has 0 aromatic carbocycles. The van der Waals surface area contributed by atoms with Gasteiger partial charge >= 0.3 is 5.97 Å². The molecular weight excluding hydrogens is 230 g/mol. The van der Waals surface area contributed by atoms with Crippen LogP contribution in [0.1, 0.15) is 46.0 Å². The van der Waals surface area contributed by atoms with Crippen LogP contribution in [-0.4, -0.2) is 37.9 Å². The molecule has 0 bridgehead atoms. The van der Waals surface area contributed by atoms with E-state index >= 15 is 0 Å². The fraction of sp³-hybridized carbons (Fsp3) is 0.929. The first-order valence-corrected chi connectivity index (χ1v) is 6.86. The molecule has 4 nitrogen and oxygen atoms in total. The van der Waals surface area contributed by atoms with E-state index in [1.165, 1.54) is 26.4 Å². The van der Waals surface area contributed by atoms with Crippen LogP contribution in [0, 0.1) is 10.8 Å². The summed E-state index contributed by atoms with van der Waals surface area (Å²) in [5.41, 5.74) is -0.496. The second-order valence-corrected chi connectivity index (χ2v) is 6.20. The zero-order valence-corrected chi connectivity index (χ0v) is 11.9.